The summed E-state index contributed by atoms with van der Waals surface area (Å²) in [5, 5.41) is 3.90. The number of alkyl halides is 3. The Morgan fingerprint density at radius 3 is 2.48 bits per heavy atom. The first kappa shape index (κ1) is 21.2. The van der Waals surface area contributed by atoms with Crippen molar-refractivity contribution in [3.8, 4) is 0 Å². The summed E-state index contributed by atoms with van der Waals surface area (Å²) in [5.74, 6) is 0. The molecule has 25 heavy (non-hydrogen) atoms. The van der Waals surface area contributed by atoms with E-state index < -0.39 is 15.5 Å². The van der Waals surface area contributed by atoms with Crippen molar-refractivity contribution in [1.82, 2.24) is 0 Å². The van der Waals surface area contributed by atoms with Crippen molar-refractivity contribution in [2.24, 2.45) is 5.16 Å². The van der Waals surface area contributed by atoms with Crippen molar-refractivity contribution in [3.63, 3.8) is 0 Å². The van der Waals surface area contributed by atoms with Gasteiger partial charge in [0.25, 0.3) is 0 Å². The fourth-order valence-corrected chi connectivity index (χ4v) is 2.44. The second-order valence-corrected chi connectivity index (χ2v) is 6.70. The van der Waals surface area contributed by atoms with Gasteiger partial charge in [0.15, 0.2) is 0 Å². The van der Waals surface area contributed by atoms with Crippen molar-refractivity contribution in [1.29, 1.82) is 0 Å². The predicted molar refractivity (Wildman–Crippen MR) is 89.0 cm³/mol. The molecule has 0 aliphatic carbocycles. The Bertz CT molecular complexity index is 703. The third-order valence-electron chi connectivity index (χ3n) is 3.07. The fraction of sp³-hybridized carbons (Fsp3) is 0.533. The van der Waals surface area contributed by atoms with E-state index in [0.29, 0.717) is 25.3 Å². The van der Waals surface area contributed by atoms with E-state index in [1.54, 1.807) is 24.6 Å². The topological polar surface area (TPSA) is 77.0 Å². The molecule has 142 valence electrons. The van der Waals surface area contributed by atoms with Crippen molar-refractivity contribution >= 4 is 21.4 Å². The first-order valence-corrected chi connectivity index (χ1v) is 9.07. The number of benzene rings is 1. The van der Waals surface area contributed by atoms with E-state index in [-0.39, 0.29) is 17.9 Å². The summed E-state index contributed by atoms with van der Waals surface area (Å²) in [6, 6.07) is 4.31. The van der Waals surface area contributed by atoms with E-state index in [1.807, 2.05) is 6.92 Å². The molecule has 1 rings (SSSR count). The Morgan fingerprint density at radius 2 is 1.92 bits per heavy atom. The standard InChI is InChI=1S/C15H21F3N2O4S/c1-4-13(19-24-9-8-23-5-2)12-10-11(3)6-7-14(12)20-25(21,22)15(16,17)18/h6-7,10,20H,4-5,8-9H2,1-3H3/b19-13+. The predicted octanol–water partition coefficient (Wildman–Crippen LogP) is 3.42. The molecule has 0 amide bonds. The highest BCUT2D eigenvalue weighted by atomic mass is 32.2. The molecule has 0 unspecified atom stereocenters. The number of ether oxygens (including phenoxy) is 1. The zero-order valence-corrected chi connectivity index (χ0v) is 15.0. The van der Waals surface area contributed by atoms with Gasteiger partial charge in [-0.05, 0) is 32.4 Å². The number of nitrogens with one attached hydrogen (secondary N) is 1. The zero-order chi connectivity index (χ0) is 19.1. The molecule has 1 aromatic carbocycles. The van der Waals surface area contributed by atoms with Gasteiger partial charge in [-0.15, -0.1) is 0 Å². The van der Waals surface area contributed by atoms with Crippen LogP contribution in [0.1, 0.15) is 31.4 Å². The molecule has 0 aliphatic heterocycles. The van der Waals surface area contributed by atoms with Crippen LogP contribution < -0.4 is 4.72 Å². The van der Waals surface area contributed by atoms with E-state index in [9.17, 15) is 21.6 Å². The van der Waals surface area contributed by atoms with Crippen LogP contribution in [0.15, 0.2) is 23.4 Å². The van der Waals surface area contributed by atoms with E-state index in [2.05, 4.69) is 5.16 Å². The lowest BCUT2D eigenvalue weighted by molar-refractivity contribution is -0.0429. The van der Waals surface area contributed by atoms with Gasteiger partial charge in [0, 0.05) is 12.2 Å². The van der Waals surface area contributed by atoms with E-state index in [4.69, 9.17) is 9.57 Å². The fourth-order valence-electron chi connectivity index (χ4n) is 1.86. The van der Waals surface area contributed by atoms with Crippen LogP contribution in [-0.4, -0.2) is 39.5 Å². The summed E-state index contributed by atoms with van der Waals surface area (Å²) in [5.41, 5.74) is -4.34. The lowest BCUT2D eigenvalue weighted by Gasteiger charge is -2.15. The molecule has 0 bridgehead atoms. The number of aryl methyl sites for hydroxylation is 1. The first-order chi connectivity index (χ1) is 11.6. The third kappa shape index (κ3) is 6.20. The van der Waals surface area contributed by atoms with Gasteiger partial charge in [0.2, 0.25) is 0 Å². The van der Waals surface area contributed by atoms with Gasteiger partial charge >= 0.3 is 15.5 Å². The number of hydrogen-bond donors (Lipinski definition) is 1. The Morgan fingerprint density at radius 1 is 1.24 bits per heavy atom. The molecule has 0 radical (unpaired) electrons. The van der Waals surface area contributed by atoms with Crippen LogP contribution in [0.25, 0.3) is 0 Å². The molecule has 6 nitrogen and oxygen atoms in total. The van der Waals surface area contributed by atoms with Gasteiger partial charge in [-0.25, -0.2) is 0 Å². The van der Waals surface area contributed by atoms with Gasteiger partial charge in [-0.1, -0.05) is 23.7 Å². The molecule has 1 N–H and O–H groups in total. The number of sulfonamides is 1. The minimum atomic E-state index is -5.53. The van der Waals surface area contributed by atoms with Crippen LogP contribution in [0.5, 0.6) is 0 Å². The maximum Gasteiger partial charge on any atom is 0.516 e. The highest BCUT2D eigenvalue weighted by Crippen LogP contribution is 2.28. The second kappa shape index (κ2) is 9.04. The van der Waals surface area contributed by atoms with Crippen molar-refractivity contribution in [3.05, 3.63) is 29.3 Å². The molecule has 1 aromatic rings. The minimum absolute atomic E-state index is 0.173. The molecule has 0 heterocycles. The summed E-state index contributed by atoms with van der Waals surface area (Å²) in [4.78, 5) is 5.10. The second-order valence-electron chi connectivity index (χ2n) is 5.02. The molecule has 0 saturated heterocycles. The number of anilines is 1. The lowest BCUT2D eigenvalue weighted by atomic mass is 10.0. The number of hydrogen-bond acceptors (Lipinski definition) is 5. The average molecular weight is 382 g/mol. The summed E-state index contributed by atoms with van der Waals surface area (Å²) in [6.45, 7) is 6.30. The molecule has 0 aromatic heterocycles. The van der Waals surface area contributed by atoms with Crippen LogP contribution >= 0.6 is 0 Å². The lowest BCUT2D eigenvalue weighted by Crippen LogP contribution is -2.30. The third-order valence-corrected chi connectivity index (χ3v) is 4.17. The molecule has 0 spiro atoms. The number of halogens is 3. The molecule has 0 atom stereocenters. The molecular formula is C15H21F3N2O4S. The Hall–Kier alpha value is -1.81. The number of nitrogens with zero attached hydrogens (tertiary/aromatic N) is 1. The number of rotatable bonds is 9. The average Bonchev–Trinajstić information content (AvgIpc) is 2.51. The van der Waals surface area contributed by atoms with Gasteiger partial charge < -0.3 is 9.57 Å². The first-order valence-electron chi connectivity index (χ1n) is 7.59. The Balaban J connectivity index is 3.12. The van der Waals surface area contributed by atoms with Crippen molar-refractivity contribution in [2.75, 3.05) is 24.5 Å². The van der Waals surface area contributed by atoms with Crippen molar-refractivity contribution < 1.29 is 31.2 Å². The summed E-state index contributed by atoms with van der Waals surface area (Å²) < 4.78 is 67.3. The largest absolute Gasteiger partial charge is 0.516 e. The summed E-state index contributed by atoms with van der Waals surface area (Å²) in [7, 11) is -5.53. The normalized spacial score (nSPS) is 13.0. The highest BCUT2D eigenvalue weighted by Gasteiger charge is 2.46. The van der Waals surface area contributed by atoms with E-state index in [1.165, 1.54) is 12.1 Å². The molecule has 0 saturated carbocycles. The van der Waals surface area contributed by atoms with Crippen molar-refractivity contribution in [2.45, 2.75) is 32.7 Å². The van der Waals surface area contributed by atoms with Crippen LogP contribution in [0, 0.1) is 6.92 Å². The van der Waals surface area contributed by atoms with Gasteiger partial charge in [-0.3, -0.25) is 4.72 Å². The van der Waals surface area contributed by atoms with Gasteiger partial charge in [0.05, 0.1) is 18.0 Å². The molecule has 0 aliphatic rings. The zero-order valence-electron chi connectivity index (χ0n) is 14.2. The Kier molecular flexibility index (Phi) is 7.68. The van der Waals surface area contributed by atoms with Crippen LogP contribution in [0.4, 0.5) is 18.9 Å². The van der Waals surface area contributed by atoms with Gasteiger partial charge in [-0.2, -0.15) is 21.6 Å². The smallest absolute Gasteiger partial charge is 0.393 e. The highest BCUT2D eigenvalue weighted by molar-refractivity contribution is 7.93. The Labute approximate surface area is 145 Å². The molecular weight excluding hydrogens is 361 g/mol. The van der Waals surface area contributed by atoms with Crippen LogP contribution in [-0.2, 0) is 19.6 Å². The molecule has 0 fully saturated rings. The monoisotopic (exact) mass is 382 g/mol. The van der Waals surface area contributed by atoms with Crippen LogP contribution in [0.3, 0.4) is 0 Å². The summed E-state index contributed by atoms with van der Waals surface area (Å²) in [6.07, 6.45) is 0.332. The minimum Gasteiger partial charge on any atom is -0.393 e. The number of oxime groups is 1. The maximum atomic E-state index is 12.6. The van der Waals surface area contributed by atoms with Gasteiger partial charge in [0.1, 0.15) is 6.61 Å². The summed E-state index contributed by atoms with van der Waals surface area (Å²) >= 11 is 0. The van der Waals surface area contributed by atoms with E-state index in [0.717, 1.165) is 5.56 Å². The SMILES string of the molecule is CCOCCO/N=C(\CC)c1cc(C)ccc1NS(=O)(=O)C(F)(F)F. The van der Waals surface area contributed by atoms with Crippen LogP contribution in [0.2, 0.25) is 0 Å². The molecule has 10 heteroatoms. The van der Waals surface area contributed by atoms with E-state index >= 15 is 0 Å². The quantitative estimate of drug-likeness (QED) is 0.403. The maximum absolute atomic E-state index is 12.6.